The van der Waals surface area contributed by atoms with Gasteiger partial charge < -0.3 is 25.6 Å². The Morgan fingerprint density at radius 2 is 1.37 bits per heavy atom. The topological polar surface area (TPSA) is 105 Å². The predicted octanol–water partition coefficient (Wildman–Crippen LogP) is 5.70. The fourth-order valence-corrected chi connectivity index (χ4v) is 6.18. The molecule has 1 aliphatic heterocycles. The normalized spacial score (nSPS) is 15.4. The molecule has 0 saturated carbocycles. The first kappa shape index (κ1) is 32.9. The monoisotopic (exact) mass is 622 g/mol. The molecule has 0 aliphatic carbocycles. The Morgan fingerprint density at radius 1 is 0.848 bits per heavy atom. The number of likely N-dealkylation sites (tertiary alicyclic amines) is 1. The van der Waals surface area contributed by atoms with Gasteiger partial charge >= 0.3 is 6.09 Å². The van der Waals surface area contributed by atoms with Crippen LogP contribution in [0.2, 0.25) is 0 Å². The van der Waals surface area contributed by atoms with Crippen molar-refractivity contribution in [2.45, 2.75) is 64.1 Å². The molecule has 2 atom stereocenters. The zero-order valence-corrected chi connectivity index (χ0v) is 27.4. The highest BCUT2D eigenvalue weighted by molar-refractivity contribution is 5.90. The molecule has 1 aliphatic rings. The number of fused-ring (bicyclic) bond motifs is 2. The van der Waals surface area contributed by atoms with Gasteiger partial charge in [-0.15, -0.1) is 0 Å². The molecular weight excluding hydrogens is 576 g/mol. The van der Waals surface area contributed by atoms with Gasteiger partial charge in [0.15, 0.2) is 0 Å². The van der Waals surface area contributed by atoms with Crippen molar-refractivity contribution >= 4 is 39.5 Å². The summed E-state index contributed by atoms with van der Waals surface area (Å²) in [5.41, 5.74) is 7.74. The number of carbonyl (C=O) groups excluding carboxylic acids is 3. The molecule has 242 valence electrons. The average Bonchev–Trinajstić information content (AvgIpc) is 3.05. The van der Waals surface area contributed by atoms with Crippen LogP contribution in [0.25, 0.3) is 21.5 Å². The molecule has 0 bridgehead atoms. The van der Waals surface area contributed by atoms with E-state index in [-0.39, 0.29) is 36.4 Å². The summed E-state index contributed by atoms with van der Waals surface area (Å²) >= 11 is 0. The van der Waals surface area contributed by atoms with Crippen LogP contribution in [-0.2, 0) is 27.2 Å². The quantitative estimate of drug-likeness (QED) is 0.249. The van der Waals surface area contributed by atoms with Crippen molar-refractivity contribution in [1.29, 1.82) is 0 Å². The third-order valence-electron chi connectivity index (χ3n) is 8.84. The SMILES string of the molecule is CN(C(=O)[C@@H](Cc1ccc2ccccc2c1)NC(=O)C1CCN(C(=O)OC(C)(C)C)CC1)[C@@H](CN)Cc1ccc2ccccc2c1. The van der Waals surface area contributed by atoms with Crippen molar-refractivity contribution in [3.63, 3.8) is 0 Å². The van der Waals surface area contributed by atoms with E-state index in [2.05, 4.69) is 47.8 Å². The van der Waals surface area contributed by atoms with Crippen molar-refractivity contribution in [1.82, 2.24) is 15.1 Å². The highest BCUT2D eigenvalue weighted by Crippen LogP contribution is 2.23. The Morgan fingerprint density at radius 3 is 1.89 bits per heavy atom. The Bertz CT molecular complexity index is 1690. The van der Waals surface area contributed by atoms with Crippen LogP contribution < -0.4 is 11.1 Å². The Kier molecular flexibility index (Phi) is 10.3. The number of ether oxygens (including phenoxy) is 1. The molecule has 46 heavy (non-hydrogen) atoms. The minimum atomic E-state index is -0.770. The molecule has 0 spiro atoms. The minimum absolute atomic E-state index is 0.171. The van der Waals surface area contributed by atoms with Crippen LogP contribution in [0.1, 0.15) is 44.7 Å². The Balaban J connectivity index is 1.31. The number of nitrogens with two attached hydrogens (primary N) is 1. The van der Waals surface area contributed by atoms with E-state index < -0.39 is 11.6 Å². The van der Waals surface area contributed by atoms with Gasteiger partial charge in [-0.25, -0.2) is 4.79 Å². The van der Waals surface area contributed by atoms with E-state index in [9.17, 15) is 14.4 Å². The number of nitrogens with one attached hydrogen (secondary N) is 1. The lowest BCUT2D eigenvalue weighted by molar-refractivity contribution is -0.138. The van der Waals surface area contributed by atoms with E-state index >= 15 is 0 Å². The van der Waals surface area contributed by atoms with Crippen LogP contribution in [0, 0.1) is 5.92 Å². The molecular formula is C38H46N4O4. The van der Waals surface area contributed by atoms with Crippen LogP contribution in [0.15, 0.2) is 84.9 Å². The van der Waals surface area contributed by atoms with Gasteiger partial charge in [-0.1, -0.05) is 84.9 Å². The van der Waals surface area contributed by atoms with Gasteiger partial charge in [0.1, 0.15) is 11.6 Å². The standard InChI is InChI=1S/C38H46N4O4/c1-38(2,3)46-37(45)42-19-17-30(18-20-42)35(43)40-34(24-27-14-16-29-10-6-8-12-32(29)22-27)36(44)41(4)33(25-39)23-26-13-15-28-9-5-7-11-31(28)21-26/h5-16,21-22,30,33-34H,17-20,23-25,39H2,1-4H3,(H,40,43)/t33-,34-/m1/s1. The number of nitrogens with zero attached hydrogens (tertiary/aromatic N) is 2. The summed E-state index contributed by atoms with van der Waals surface area (Å²) in [6.07, 6.45) is 1.60. The minimum Gasteiger partial charge on any atom is -0.444 e. The Hall–Kier alpha value is -4.43. The van der Waals surface area contributed by atoms with Gasteiger partial charge in [-0.2, -0.15) is 0 Å². The molecule has 0 unspecified atom stereocenters. The largest absolute Gasteiger partial charge is 0.444 e. The molecule has 1 heterocycles. The molecule has 4 aromatic rings. The number of carbonyl (C=O) groups is 3. The number of piperidine rings is 1. The van der Waals surface area contributed by atoms with E-state index in [0.29, 0.717) is 38.8 Å². The second kappa shape index (κ2) is 14.3. The van der Waals surface area contributed by atoms with E-state index in [0.717, 1.165) is 32.7 Å². The second-order valence-corrected chi connectivity index (χ2v) is 13.4. The molecule has 1 fully saturated rings. The van der Waals surface area contributed by atoms with E-state index in [1.165, 1.54) is 0 Å². The highest BCUT2D eigenvalue weighted by atomic mass is 16.6. The van der Waals surface area contributed by atoms with E-state index in [4.69, 9.17) is 10.5 Å². The average molecular weight is 623 g/mol. The number of hydrogen-bond acceptors (Lipinski definition) is 5. The number of amides is 3. The zero-order valence-electron chi connectivity index (χ0n) is 27.4. The summed E-state index contributed by atoms with van der Waals surface area (Å²) in [6, 6.07) is 27.7. The summed E-state index contributed by atoms with van der Waals surface area (Å²) in [7, 11) is 1.78. The third-order valence-corrected chi connectivity index (χ3v) is 8.84. The molecule has 3 N–H and O–H groups in total. The Labute approximate surface area is 271 Å². The van der Waals surface area contributed by atoms with Crippen molar-refractivity contribution < 1.29 is 19.1 Å². The highest BCUT2D eigenvalue weighted by Gasteiger charge is 2.33. The number of rotatable bonds is 9. The zero-order chi connectivity index (χ0) is 32.8. The van der Waals surface area contributed by atoms with Gasteiger partial charge in [0.05, 0.1) is 0 Å². The van der Waals surface area contributed by atoms with Gasteiger partial charge in [-0.05, 0) is 72.7 Å². The molecule has 8 heteroatoms. The maximum absolute atomic E-state index is 14.2. The van der Waals surface area contributed by atoms with Crippen LogP contribution in [-0.4, -0.2) is 72.1 Å². The first-order chi connectivity index (χ1) is 22.0. The maximum atomic E-state index is 14.2. The van der Waals surface area contributed by atoms with Crippen LogP contribution in [0.3, 0.4) is 0 Å². The van der Waals surface area contributed by atoms with E-state index in [1.54, 1.807) is 16.8 Å². The summed E-state index contributed by atoms with van der Waals surface area (Å²) in [5, 5.41) is 7.61. The first-order valence-corrected chi connectivity index (χ1v) is 16.2. The summed E-state index contributed by atoms with van der Waals surface area (Å²) in [5.74, 6) is -0.655. The molecule has 3 amide bonds. The van der Waals surface area contributed by atoms with Crippen molar-refractivity contribution in [2.75, 3.05) is 26.7 Å². The number of benzene rings is 4. The van der Waals surface area contributed by atoms with Gasteiger partial charge in [0, 0.05) is 45.1 Å². The van der Waals surface area contributed by atoms with Crippen molar-refractivity contribution in [3.05, 3.63) is 96.1 Å². The lowest BCUT2D eigenvalue weighted by Gasteiger charge is -2.34. The summed E-state index contributed by atoms with van der Waals surface area (Å²) in [6.45, 7) is 6.66. The van der Waals surface area contributed by atoms with Crippen LogP contribution >= 0.6 is 0 Å². The smallest absolute Gasteiger partial charge is 0.410 e. The third kappa shape index (κ3) is 8.23. The number of likely N-dealkylation sites (N-methyl/N-ethyl adjacent to an activating group) is 1. The molecule has 4 aromatic carbocycles. The molecule has 8 nitrogen and oxygen atoms in total. The fourth-order valence-electron chi connectivity index (χ4n) is 6.18. The van der Waals surface area contributed by atoms with Crippen molar-refractivity contribution in [3.8, 4) is 0 Å². The molecule has 0 radical (unpaired) electrons. The molecule has 0 aromatic heterocycles. The van der Waals surface area contributed by atoms with Crippen LogP contribution in [0.4, 0.5) is 4.79 Å². The van der Waals surface area contributed by atoms with E-state index in [1.807, 2.05) is 63.2 Å². The second-order valence-electron chi connectivity index (χ2n) is 13.4. The first-order valence-electron chi connectivity index (χ1n) is 16.2. The van der Waals surface area contributed by atoms with Gasteiger partial charge in [0.2, 0.25) is 11.8 Å². The van der Waals surface area contributed by atoms with Crippen LogP contribution in [0.5, 0.6) is 0 Å². The predicted molar refractivity (Wildman–Crippen MR) is 183 cm³/mol. The van der Waals surface area contributed by atoms with Crippen molar-refractivity contribution in [2.24, 2.45) is 11.7 Å². The number of hydrogen-bond donors (Lipinski definition) is 2. The van der Waals surface area contributed by atoms with Gasteiger partial charge in [0.25, 0.3) is 0 Å². The lowest BCUT2D eigenvalue weighted by atomic mass is 9.94. The fraction of sp³-hybridized carbons (Fsp3) is 0.395. The summed E-state index contributed by atoms with van der Waals surface area (Å²) in [4.78, 5) is 43.8. The molecule has 1 saturated heterocycles. The van der Waals surface area contributed by atoms with Gasteiger partial charge in [-0.3, -0.25) is 9.59 Å². The molecule has 5 rings (SSSR count). The summed E-state index contributed by atoms with van der Waals surface area (Å²) < 4.78 is 5.51. The lowest BCUT2D eigenvalue weighted by Crippen LogP contribution is -2.55. The maximum Gasteiger partial charge on any atom is 0.410 e.